The van der Waals surface area contributed by atoms with Gasteiger partial charge in [-0.05, 0) is 37.6 Å². The molecule has 112 valence electrons. The maximum atomic E-state index is 12.9. The first-order valence-electron chi connectivity index (χ1n) is 6.41. The summed E-state index contributed by atoms with van der Waals surface area (Å²) in [6, 6.07) is 7.65. The number of alkyl halides is 3. The molecule has 0 spiro atoms. The molecule has 0 saturated heterocycles. The topological polar surface area (TPSA) is 37.0 Å². The van der Waals surface area contributed by atoms with Crippen LogP contribution in [0.5, 0.6) is 0 Å². The monoisotopic (exact) mass is 295 g/mol. The van der Waals surface area contributed by atoms with Gasteiger partial charge in [0.05, 0.1) is 5.56 Å². The van der Waals surface area contributed by atoms with E-state index in [1.54, 1.807) is 0 Å². The Morgan fingerprint density at radius 1 is 1.00 bits per heavy atom. The number of aryl methyl sites for hydroxylation is 2. The number of aromatic nitrogens is 1. The molecule has 0 radical (unpaired) electrons. The first-order chi connectivity index (χ1) is 9.79. The van der Waals surface area contributed by atoms with Crippen LogP contribution in [0.1, 0.15) is 16.7 Å². The van der Waals surface area contributed by atoms with E-state index in [1.807, 2.05) is 32.0 Å². The highest BCUT2D eigenvalue weighted by molar-refractivity contribution is 5.63. The van der Waals surface area contributed by atoms with Crippen LogP contribution < -0.4 is 10.6 Å². The minimum atomic E-state index is -4.41. The molecule has 0 aliphatic rings. The molecule has 0 saturated carbocycles. The molecule has 0 amide bonds. The van der Waals surface area contributed by atoms with E-state index in [0.29, 0.717) is 0 Å². The van der Waals surface area contributed by atoms with Crippen LogP contribution >= 0.6 is 0 Å². The van der Waals surface area contributed by atoms with Gasteiger partial charge < -0.3 is 10.6 Å². The molecule has 1 aromatic carbocycles. The van der Waals surface area contributed by atoms with E-state index < -0.39 is 11.7 Å². The predicted octanol–water partition coefficient (Wildman–Crippen LogP) is 4.50. The van der Waals surface area contributed by atoms with E-state index in [4.69, 9.17) is 0 Å². The van der Waals surface area contributed by atoms with Crippen LogP contribution in [0.2, 0.25) is 0 Å². The number of benzene rings is 1. The molecule has 1 heterocycles. The van der Waals surface area contributed by atoms with Crippen molar-refractivity contribution in [2.75, 3.05) is 17.7 Å². The Morgan fingerprint density at radius 2 is 1.67 bits per heavy atom. The third-order valence-electron chi connectivity index (χ3n) is 3.05. The number of pyridine rings is 1. The lowest BCUT2D eigenvalue weighted by atomic mass is 10.1. The van der Waals surface area contributed by atoms with Gasteiger partial charge in [0.25, 0.3) is 0 Å². The molecule has 0 aliphatic carbocycles. The van der Waals surface area contributed by atoms with Gasteiger partial charge in [0.15, 0.2) is 0 Å². The zero-order chi connectivity index (χ0) is 15.6. The Balaban J connectivity index is 2.39. The highest BCUT2D eigenvalue weighted by atomic mass is 19.4. The summed E-state index contributed by atoms with van der Waals surface area (Å²) in [5.41, 5.74) is 2.02. The predicted molar refractivity (Wildman–Crippen MR) is 78.0 cm³/mol. The smallest absolute Gasteiger partial charge is 0.373 e. The first-order valence-corrected chi connectivity index (χ1v) is 6.41. The van der Waals surface area contributed by atoms with Crippen molar-refractivity contribution in [3.05, 3.63) is 47.0 Å². The first kappa shape index (κ1) is 15.2. The standard InChI is InChI=1S/C15H16F3N3/c1-9-4-5-12(10(2)6-9)20-14-8-11(15(16,17)18)7-13(19-3)21-14/h4-8H,1-3H3,(H2,19,20,21). The van der Waals surface area contributed by atoms with E-state index in [-0.39, 0.29) is 11.6 Å². The molecular weight excluding hydrogens is 279 g/mol. The molecule has 2 rings (SSSR count). The van der Waals surface area contributed by atoms with Gasteiger partial charge in [-0.25, -0.2) is 4.98 Å². The van der Waals surface area contributed by atoms with Gasteiger partial charge in [-0.1, -0.05) is 17.7 Å². The van der Waals surface area contributed by atoms with Gasteiger partial charge in [0, 0.05) is 12.7 Å². The molecule has 0 atom stereocenters. The minimum absolute atomic E-state index is 0.154. The number of hydrogen-bond donors (Lipinski definition) is 2. The molecule has 0 aliphatic heterocycles. The third-order valence-corrected chi connectivity index (χ3v) is 3.05. The van der Waals surface area contributed by atoms with Gasteiger partial charge in [0.1, 0.15) is 11.6 Å². The van der Waals surface area contributed by atoms with Crippen LogP contribution in [0.4, 0.5) is 30.5 Å². The van der Waals surface area contributed by atoms with Crippen molar-refractivity contribution >= 4 is 17.3 Å². The molecule has 0 unspecified atom stereocenters. The summed E-state index contributed by atoms with van der Waals surface area (Å²) in [6.45, 7) is 3.85. The van der Waals surface area contributed by atoms with Gasteiger partial charge in [-0.15, -0.1) is 0 Å². The van der Waals surface area contributed by atoms with E-state index in [0.717, 1.165) is 28.9 Å². The fourth-order valence-electron chi connectivity index (χ4n) is 1.98. The molecule has 0 fully saturated rings. The molecule has 0 bridgehead atoms. The van der Waals surface area contributed by atoms with E-state index >= 15 is 0 Å². The Labute approximate surface area is 121 Å². The largest absolute Gasteiger partial charge is 0.416 e. The molecule has 2 aromatic rings. The summed E-state index contributed by atoms with van der Waals surface area (Å²) in [5.74, 6) is 0.318. The molecule has 1 aromatic heterocycles. The maximum Gasteiger partial charge on any atom is 0.416 e. The van der Waals surface area contributed by atoms with Gasteiger partial charge in [-0.3, -0.25) is 0 Å². The molecule has 6 heteroatoms. The second kappa shape index (κ2) is 5.63. The van der Waals surface area contributed by atoms with Crippen molar-refractivity contribution in [1.82, 2.24) is 4.98 Å². The number of rotatable bonds is 3. The van der Waals surface area contributed by atoms with Crippen molar-refractivity contribution in [1.29, 1.82) is 0 Å². The zero-order valence-electron chi connectivity index (χ0n) is 12.0. The average molecular weight is 295 g/mol. The number of nitrogens with one attached hydrogen (secondary N) is 2. The maximum absolute atomic E-state index is 12.9. The molecule has 21 heavy (non-hydrogen) atoms. The van der Waals surface area contributed by atoms with Crippen LogP contribution in [0.15, 0.2) is 30.3 Å². The van der Waals surface area contributed by atoms with Crippen molar-refractivity contribution in [3.8, 4) is 0 Å². The Bertz CT molecular complexity index is 651. The van der Waals surface area contributed by atoms with Crippen LogP contribution in [0.3, 0.4) is 0 Å². The van der Waals surface area contributed by atoms with E-state index in [2.05, 4.69) is 15.6 Å². The molecular formula is C15H16F3N3. The number of halogens is 3. The summed E-state index contributed by atoms with van der Waals surface area (Å²) in [4.78, 5) is 4.10. The molecule has 3 nitrogen and oxygen atoms in total. The summed E-state index contributed by atoms with van der Waals surface area (Å²) >= 11 is 0. The van der Waals surface area contributed by atoms with Crippen molar-refractivity contribution in [3.63, 3.8) is 0 Å². The van der Waals surface area contributed by atoms with E-state index in [9.17, 15) is 13.2 Å². The second-order valence-corrected chi connectivity index (χ2v) is 4.82. The van der Waals surface area contributed by atoms with Gasteiger partial charge >= 0.3 is 6.18 Å². The van der Waals surface area contributed by atoms with Gasteiger partial charge in [0.2, 0.25) is 0 Å². The SMILES string of the molecule is CNc1cc(C(F)(F)F)cc(Nc2ccc(C)cc2C)n1. The lowest BCUT2D eigenvalue weighted by Crippen LogP contribution is -2.08. The number of nitrogens with zero attached hydrogens (tertiary/aromatic N) is 1. The zero-order valence-corrected chi connectivity index (χ0v) is 12.0. The Hall–Kier alpha value is -2.24. The van der Waals surface area contributed by atoms with Gasteiger partial charge in [-0.2, -0.15) is 13.2 Å². The van der Waals surface area contributed by atoms with Crippen molar-refractivity contribution < 1.29 is 13.2 Å². The summed E-state index contributed by atoms with van der Waals surface area (Å²) < 4.78 is 38.6. The number of hydrogen-bond acceptors (Lipinski definition) is 3. The molecule has 2 N–H and O–H groups in total. The Morgan fingerprint density at radius 3 is 2.24 bits per heavy atom. The summed E-state index contributed by atoms with van der Waals surface area (Å²) in [5, 5.41) is 5.57. The minimum Gasteiger partial charge on any atom is -0.373 e. The highest BCUT2D eigenvalue weighted by Crippen LogP contribution is 2.33. The van der Waals surface area contributed by atoms with Crippen LogP contribution in [-0.4, -0.2) is 12.0 Å². The number of anilines is 3. The Kier molecular flexibility index (Phi) is 4.06. The fourth-order valence-corrected chi connectivity index (χ4v) is 1.98. The highest BCUT2D eigenvalue weighted by Gasteiger charge is 2.31. The van der Waals surface area contributed by atoms with Crippen LogP contribution in [-0.2, 0) is 6.18 Å². The second-order valence-electron chi connectivity index (χ2n) is 4.82. The summed E-state index contributed by atoms with van der Waals surface area (Å²) in [7, 11) is 1.53. The van der Waals surface area contributed by atoms with E-state index in [1.165, 1.54) is 7.05 Å². The quantitative estimate of drug-likeness (QED) is 0.875. The fraction of sp³-hybridized carbons (Fsp3) is 0.267. The lowest BCUT2D eigenvalue weighted by molar-refractivity contribution is -0.137. The third kappa shape index (κ3) is 3.65. The van der Waals surface area contributed by atoms with Crippen LogP contribution in [0, 0.1) is 13.8 Å². The van der Waals surface area contributed by atoms with Crippen LogP contribution in [0.25, 0.3) is 0 Å². The normalized spacial score (nSPS) is 11.3. The van der Waals surface area contributed by atoms with Crippen molar-refractivity contribution in [2.45, 2.75) is 20.0 Å². The van der Waals surface area contributed by atoms with Crippen molar-refractivity contribution in [2.24, 2.45) is 0 Å². The summed E-state index contributed by atoms with van der Waals surface area (Å²) in [6.07, 6.45) is -4.41. The average Bonchev–Trinajstić information content (AvgIpc) is 2.40. The lowest BCUT2D eigenvalue weighted by Gasteiger charge is -2.14.